The van der Waals surface area contributed by atoms with Crippen LogP contribution in [0.2, 0.25) is 0 Å². The van der Waals surface area contributed by atoms with Crippen LogP contribution in [-0.4, -0.2) is 32.4 Å². The number of fused-ring (bicyclic) bond motifs is 1. The van der Waals surface area contributed by atoms with Crippen LogP contribution in [0.1, 0.15) is 25.3 Å². The Bertz CT molecular complexity index is 376. The minimum atomic E-state index is 0.598. The van der Waals surface area contributed by atoms with Crippen LogP contribution in [0.25, 0.3) is 0 Å². The number of para-hydroxylation sites is 1. The Hall–Kier alpha value is -0.670. The lowest BCUT2D eigenvalue weighted by Crippen LogP contribution is -2.35. The second kappa shape index (κ2) is 5.78. The van der Waals surface area contributed by atoms with Crippen LogP contribution in [-0.2, 0) is 0 Å². The minimum absolute atomic E-state index is 0.598. The van der Waals surface area contributed by atoms with Crippen molar-refractivity contribution in [1.82, 2.24) is 5.32 Å². The molecule has 0 aromatic heterocycles. The van der Waals surface area contributed by atoms with Gasteiger partial charge in [0, 0.05) is 30.3 Å². The first kappa shape index (κ1) is 12.8. The third kappa shape index (κ3) is 2.78. The van der Waals surface area contributed by atoms with E-state index in [2.05, 4.69) is 42.3 Å². The second-order valence-corrected chi connectivity index (χ2v) is 5.92. The molecule has 94 valence electrons. The molecule has 0 saturated carbocycles. The van der Waals surface area contributed by atoms with Gasteiger partial charge < -0.3 is 10.2 Å². The molecule has 0 saturated heterocycles. The van der Waals surface area contributed by atoms with Crippen LogP contribution in [0.3, 0.4) is 0 Å². The lowest BCUT2D eigenvalue weighted by Gasteiger charge is -2.33. The Labute approximate surface area is 109 Å². The van der Waals surface area contributed by atoms with Crippen molar-refractivity contribution in [3.05, 3.63) is 23.8 Å². The number of hydrogen-bond acceptors (Lipinski definition) is 3. The van der Waals surface area contributed by atoms with Crippen molar-refractivity contribution in [2.75, 3.05) is 37.3 Å². The van der Waals surface area contributed by atoms with Crippen molar-refractivity contribution >= 4 is 17.4 Å². The van der Waals surface area contributed by atoms with Gasteiger partial charge in [-0.05, 0) is 24.6 Å². The zero-order valence-electron chi connectivity index (χ0n) is 11.0. The Morgan fingerprint density at radius 2 is 2.24 bits per heavy atom. The van der Waals surface area contributed by atoms with E-state index in [0.717, 1.165) is 13.1 Å². The van der Waals surface area contributed by atoms with Gasteiger partial charge >= 0.3 is 0 Å². The van der Waals surface area contributed by atoms with Gasteiger partial charge in [0.25, 0.3) is 0 Å². The summed E-state index contributed by atoms with van der Waals surface area (Å²) in [5.41, 5.74) is 2.97. The van der Waals surface area contributed by atoms with Crippen LogP contribution in [0.15, 0.2) is 23.1 Å². The second-order valence-electron chi connectivity index (χ2n) is 4.79. The maximum atomic E-state index is 3.25. The maximum absolute atomic E-state index is 3.25. The number of anilines is 1. The quantitative estimate of drug-likeness (QED) is 0.884. The Kier molecular flexibility index (Phi) is 4.35. The number of hydrogen-bond donors (Lipinski definition) is 1. The molecule has 0 unspecified atom stereocenters. The molecule has 1 aromatic rings. The van der Waals surface area contributed by atoms with E-state index in [1.54, 1.807) is 0 Å². The average molecular weight is 250 g/mol. The lowest BCUT2D eigenvalue weighted by atomic mass is 10.00. The number of thioether (sulfide) groups is 1. The van der Waals surface area contributed by atoms with Gasteiger partial charge in [-0.15, -0.1) is 11.8 Å². The van der Waals surface area contributed by atoms with Crippen molar-refractivity contribution in [2.45, 2.75) is 24.7 Å². The summed E-state index contributed by atoms with van der Waals surface area (Å²) >= 11 is 2.00. The van der Waals surface area contributed by atoms with E-state index >= 15 is 0 Å². The summed E-state index contributed by atoms with van der Waals surface area (Å²) in [5.74, 6) is 1.80. The molecule has 0 fully saturated rings. The predicted octanol–water partition coefficient (Wildman–Crippen LogP) is 2.94. The number of likely N-dealkylation sites (N-methyl/N-ethyl adjacent to an activating group) is 1. The first-order chi connectivity index (χ1) is 8.24. The highest BCUT2D eigenvalue weighted by Crippen LogP contribution is 2.39. The van der Waals surface area contributed by atoms with E-state index < -0.39 is 0 Å². The highest BCUT2D eigenvalue weighted by molar-refractivity contribution is 7.99. The minimum Gasteiger partial charge on any atom is -0.368 e. The highest BCUT2D eigenvalue weighted by atomic mass is 32.2. The highest BCUT2D eigenvalue weighted by Gasteiger charge is 2.21. The molecule has 0 aliphatic carbocycles. The Morgan fingerprint density at radius 1 is 1.41 bits per heavy atom. The zero-order valence-corrected chi connectivity index (χ0v) is 11.8. The molecule has 1 aliphatic rings. The van der Waals surface area contributed by atoms with Gasteiger partial charge in [-0.3, -0.25) is 0 Å². The van der Waals surface area contributed by atoms with Crippen molar-refractivity contribution in [2.24, 2.45) is 0 Å². The number of nitrogens with one attached hydrogen (secondary N) is 1. The average Bonchev–Trinajstić information content (AvgIpc) is 2.35. The molecule has 2 nitrogen and oxygen atoms in total. The molecule has 17 heavy (non-hydrogen) atoms. The van der Waals surface area contributed by atoms with E-state index in [-0.39, 0.29) is 0 Å². The normalized spacial score (nSPS) is 15.2. The Morgan fingerprint density at radius 3 is 2.94 bits per heavy atom. The van der Waals surface area contributed by atoms with Gasteiger partial charge in [0.15, 0.2) is 0 Å². The molecule has 0 atom stereocenters. The maximum Gasteiger partial charge on any atom is 0.0540 e. The molecule has 1 N–H and O–H groups in total. The summed E-state index contributed by atoms with van der Waals surface area (Å²) in [6.45, 7) is 7.89. The Balaban J connectivity index is 2.33. The third-order valence-electron chi connectivity index (χ3n) is 3.22. The summed E-state index contributed by atoms with van der Waals surface area (Å²) in [5, 5.41) is 3.25. The summed E-state index contributed by atoms with van der Waals surface area (Å²) < 4.78 is 0. The van der Waals surface area contributed by atoms with E-state index in [1.165, 1.54) is 28.4 Å². The number of benzene rings is 1. The van der Waals surface area contributed by atoms with Crippen molar-refractivity contribution < 1.29 is 0 Å². The molecular weight excluding hydrogens is 228 g/mol. The fourth-order valence-corrected chi connectivity index (χ4v) is 3.40. The van der Waals surface area contributed by atoms with Crippen LogP contribution >= 0.6 is 11.8 Å². The van der Waals surface area contributed by atoms with Gasteiger partial charge in [0.05, 0.1) is 5.69 Å². The van der Waals surface area contributed by atoms with Gasteiger partial charge in [0.1, 0.15) is 0 Å². The monoisotopic (exact) mass is 250 g/mol. The van der Waals surface area contributed by atoms with Gasteiger partial charge in [-0.25, -0.2) is 0 Å². The van der Waals surface area contributed by atoms with Crippen LogP contribution in [0.5, 0.6) is 0 Å². The summed E-state index contributed by atoms with van der Waals surface area (Å²) in [7, 11) is 2.02. The van der Waals surface area contributed by atoms with E-state index in [0.29, 0.717) is 5.92 Å². The summed E-state index contributed by atoms with van der Waals surface area (Å²) in [4.78, 5) is 4.00. The van der Waals surface area contributed by atoms with Gasteiger partial charge in [-0.2, -0.15) is 0 Å². The van der Waals surface area contributed by atoms with Crippen molar-refractivity contribution in [1.29, 1.82) is 0 Å². The molecule has 0 radical (unpaired) electrons. The van der Waals surface area contributed by atoms with E-state index in [1.807, 2.05) is 18.8 Å². The van der Waals surface area contributed by atoms with Crippen LogP contribution < -0.4 is 10.2 Å². The number of rotatable bonds is 4. The first-order valence-electron chi connectivity index (χ1n) is 6.39. The van der Waals surface area contributed by atoms with E-state index in [9.17, 15) is 0 Å². The fourth-order valence-electron chi connectivity index (χ4n) is 2.31. The smallest absolute Gasteiger partial charge is 0.0540 e. The molecular formula is C14H22N2S. The summed E-state index contributed by atoms with van der Waals surface area (Å²) in [6.07, 6.45) is 0. The lowest BCUT2D eigenvalue weighted by molar-refractivity contribution is 0.721. The van der Waals surface area contributed by atoms with E-state index in [4.69, 9.17) is 0 Å². The molecule has 0 spiro atoms. The topological polar surface area (TPSA) is 15.3 Å². The predicted molar refractivity (Wildman–Crippen MR) is 77.4 cm³/mol. The molecule has 1 aromatic carbocycles. The van der Waals surface area contributed by atoms with Gasteiger partial charge in [0.2, 0.25) is 0 Å². The zero-order chi connectivity index (χ0) is 12.3. The fraction of sp³-hybridized carbons (Fsp3) is 0.571. The first-order valence-corrected chi connectivity index (χ1v) is 7.38. The van der Waals surface area contributed by atoms with Crippen LogP contribution in [0, 0.1) is 0 Å². The van der Waals surface area contributed by atoms with Crippen LogP contribution in [0.4, 0.5) is 5.69 Å². The molecule has 1 aliphatic heterocycles. The summed E-state index contributed by atoms with van der Waals surface area (Å²) in [6, 6.07) is 6.74. The molecule has 0 amide bonds. The third-order valence-corrected chi connectivity index (χ3v) is 4.25. The SMILES string of the molecule is CNCCN1CCSc2cccc(C(C)C)c21. The molecule has 1 heterocycles. The molecule has 2 rings (SSSR count). The standard InChI is InChI=1S/C14H22N2S/c1-11(2)12-5-4-6-13-14(12)16(8-7-15-3)9-10-17-13/h4-6,11,15H,7-10H2,1-3H3. The molecule has 0 bridgehead atoms. The van der Waals surface area contributed by atoms with Gasteiger partial charge in [-0.1, -0.05) is 26.0 Å². The number of nitrogens with zero attached hydrogens (tertiary/aromatic N) is 1. The van der Waals surface area contributed by atoms with Crippen molar-refractivity contribution in [3.8, 4) is 0 Å². The van der Waals surface area contributed by atoms with Crippen molar-refractivity contribution in [3.63, 3.8) is 0 Å². The largest absolute Gasteiger partial charge is 0.368 e. The molecule has 3 heteroatoms.